The first-order valence-electron chi connectivity index (χ1n) is 9.44. The van der Waals surface area contributed by atoms with Crippen LogP contribution in [0.5, 0.6) is 0 Å². The summed E-state index contributed by atoms with van der Waals surface area (Å²) in [4.78, 5) is 12.3. The van der Waals surface area contributed by atoms with Crippen LogP contribution in [0, 0.1) is 19.8 Å². The Morgan fingerprint density at radius 2 is 2.07 bits per heavy atom. The first-order chi connectivity index (χ1) is 13.2. The van der Waals surface area contributed by atoms with Gasteiger partial charge in [-0.15, -0.1) is 0 Å². The van der Waals surface area contributed by atoms with Crippen molar-refractivity contribution in [2.24, 2.45) is 5.92 Å². The molecule has 152 valence electrons. The van der Waals surface area contributed by atoms with Crippen LogP contribution in [0.15, 0.2) is 29.4 Å². The Morgan fingerprint density at radius 1 is 1.32 bits per heavy atom. The Hall–Kier alpha value is -2.19. The van der Waals surface area contributed by atoms with Crippen molar-refractivity contribution < 1.29 is 17.9 Å². The van der Waals surface area contributed by atoms with Crippen molar-refractivity contribution in [2.75, 3.05) is 20.2 Å². The fourth-order valence-electron chi connectivity index (χ4n) is 3.56. The lowest BCUT2D eigenvalue weighted by atomic mass is 10.0. The molecule has 1 aliphatic rings. The lowest BCUT2D eigenvalue weighted by molar-refractivity contribution is 0.0596. The summed E-state index contributed by atoms with van der Waals surface area (Å²) in [6, 6.07) is 6.08. The number of benzene rings is 1. The predicted molar refractivity (Wildman–Crippen MR) is 106 cm³/mol. The highest BCUT2D eigenvalue weighted by molar-refractivity contribution is 7.89. The van der Waals surface area contributed by atoms with Gasteiger partial charge in [-0.3, -0.25) is 4.68 Å². The predicted octanol–water partition coefficient (Wildman–Crippen LogP) is 2.76. The Balaban J connectivity index is 2.00. The van der Waals surface area contributed by atoms with Gasteiger partial charge in [0.25, 0.3) is 10.0 Å². The maximum atomic E-state index is 13.2. The number of piperidine rings is 1. The van der Waals surface area contributed by atoms with Gasteiger partial charge in [0.15, 0.2) is 0 Å². The van der Waals surface area contributed by atoms with Crippen LogP contribution in [0.4, 0.5) is 0 Å². The van der Waals surface area contributed by atoms with E-state index in [1.54, 1.807) is 0 Å². The molecule has 28 heavy (non-hydrogen) atoms. The largest absolute Gasteiger partial charge is 0.465 e. The molecule has 2 aromatic rings. The second kappa shape index (κ2) is 8.05. The molecule has 1 atom stereocenters. The van der Waals surface area contributed by atoms with Crippen molar-refractivity contribution in [3.8, 4) is 0 Å². The minimum Gasteiger partial charge on any atom is -0.465 e. The van der Waals surface area contributed by atoms with Crippen LogP contribution in [0.2, 0.25) is 0 Å². The van der Waals surface area contributed by atoms with Gasteiger partial charge in [-0.1, -0.05) is 30.7 Å². The van der Waals surface area contributed by atoms with Gasteiger partial charge in [-0.05, 0) is 43.7 Å². The number of carbonyl (C=O) groups is 1. The molecule has 0 bridgehead atoms. The third-order valence-electron chi connectivity index (χ3n) is 5.17. The monoisotopic (exact) mass is 405 g/mol. The van der Waals surface area contributed by atoms with E-state index in [9.17, 15) is 13.2 Å². The summed E-state index contributed by atoms with van der Waals surface area (Å²) in [6.07, 6.45) is 3.27. The SMILES string of the molecule is COC(=O)c1cn(Cc2cc(C)ccc2C)nc1S(=O)(=O)N1CCC[C@@H](C)C1. The Labute approximate surface area is 166 Å². The highest BCUT2D eigenvalue weighted by Gasteiger charge is 2.35. The number of hydrogen-bond acceptors (Lipinski definition) is 5. The number of ether oxygens (including phenoxy) is 1. The van der Waals surface area contributed by atoms with Crippen LogP contribution in [-0.4, -0.2) is 48.7 Å². The second-order valence-corrected chi connectivity index (χ2v) is 9.43. The van der Waals surface area contributed by atoms with E-state index in [0.717, 1.165) is 29.5 Å². The number of aryl methyl sites for hydroxylation is 2. The zero-order chi connectivity index (χ0) is 20.5. The number of hydrogen-bond donors (Lipinski definition) is 0. The molecule has 0 saturated carbocycles. The summed E-state index contributed by atoms with van der Waals surface area (Å²) in [7, 11) is -2.63. The van der Waals surface area contributed by atoms with Crippen LogP contribution in [0.3, 0.4) is 0 Å². The fourth-order valence-corrected chi connectivity index (χ4v) is 5.24. The molecule has 1 aliphatic heterocycles. The summed E-state index contributed by atoms with van der Waals surface area (Å²) in [6.45, 7) is 7.28. The van der Waals surface area contributed by atoms with Gasteiger partial charge >= 0.3 is 5.97 Å². The molecule has 1 saturated heterocycles. The Bertz CT molecular complexity index is 981. The number of esters is 1. The van der Waals surface area contributed by atoms with Crippen LogP contribution in [0.1, 0.15) is 46.8 Å². The standard InChI is InChI=1S/C20H27N3O4S/c1-14-7-8-16(3)17(10-14)12-22-13-18(20(24)27-4)19(21-22)28(25,26)23-9-5-6-15(2)11-23/h7-8,10,13,15H,5-6,9,11-12H2,1-4H3/t15-/m1/s1. The highest BCUT2D eigenvalue weighted by Crippen LogP contribution is 2.25. The van der Waals surface area contributed by atoms with Crippen LogP contribution in [-0.2, 0) is 21.3 Å². The molecular formula is C20H27N3O4S. The van der Waals surface area contributed by atoms with Crippen molar-refractivity contribution in [3.63, 3.8) is 0 Å². The van der Waals surface area contributed by atoms with E-state index in [1.165, 1.54) is 22.3 Å². The maximum Gasteiger partial charge on any atom is 0.342 e. The van der Waals surface area contributed by atoms with Crippen molar-refractivity contribution in [1.29, 1.82) is 0 Å². The van der Waals surface area contributed by atoms with E-state index in [1.807, 2.05) is 39.0 Å². The molecule has 0 amide bonds. The molecule has 1 aromatic heterocycles. The zero-order valence-corrected chi connectivity index (χ0v) is 17.6. The molecular weight excluding hydrogens is 378 g/mol. The summed E-state index contributed by atoms with van der Waals surface area (Å²) < 4.78 is 34.2. The molecule has 3 rings (SSSR count). The summed E-state index contributed by atoms with van der Waals surface area (Å²) in [5, 5.41) is 4.08. The summed E-state index contributed by atoms with van der Waals surface area (Å²) in [5.41, 5.74) is 3.19. The van der Waals surface area contributed by atoms with Gasteiger partial charge in [-0.25, -0.2) is 13.2 Å². The topological polar surface area (TPSA) is 81.5 Å². The van der Waals surface area contributed by atoms with Crippen LogP contribution < -0.4 is 0 Å². The van der Waals surface area contributed by atoms with Gasteiger partial charge in [0, 0.05) is 19.3 Å². The Kier molecular flexibility index (Phi) is 5.90. The van der Waals surface area contributed by atoms with E-state index >= 15 is 0 Å². The number of nitrogens with zero attached hydrogens (tertiary/aromatic N) is 3. The van der Waals surface area contributed by atoms with Crippen molar-refractivity contribution >= 4 is 16.0 Å². The molecule has 0 aliphatic carbocycles. The number of methoxy groups -OCH3 is 1. The lowest BCUT2D eigenvalue weighted by Gasteiger charge is -2.29. The van der Waals surface area contributed by atoms with E-state index in [0.29, 0.717) is 19.6 Å². The van der Waals surface area contributed by atoms with Gasteiger partial charge in [0.2, 0.25) is 5.03 Å². The van der Waals surface area contributed by atoms with Crippen LogP contribution in [0.25, 0.3) is 0 Å². The minimum absolute atomic E-state index is 0.0222. The van der Waals surface area contributed by atoms with E-state index in [2.05, 4.69) is 5.10 Å². The maximum absolute atomic E-state index is 13.2. The third-order valence-corrected chi connectivity index (χ3v) is 6.98. The average Bonchev–Trinajstić information content (AvgIpc) is 3.09. The molecule has 2 heterocycles. The molecule has 1 fully saturated rings. The number of aromatic nitrogens is 2. The first kappa shape index (κ1) is 20.5. The quantitative estimate of drug-likeness (QED) is 0.715. The molecule has 1 aromatic carbocycles. The lowest BCUT2D eigenvalue weighted by Crippen LogP contribution is -2.39. The van der Waals surface area contributed by atoms with Gasteiger partial charge in [-0.2, -0.15) is 9.40 Å². The van der Waals surface area contributed by atoms with Gasteiger partial charge in [0.1, 0.15) is 5.56 Å². The number of rotatable bonds is 5. The number of sulfonamides is 1. The fraction of sp³-hybridized carbons (Fsp3) is 0.500. The molecule has 0 spiro atoms. The third kappa shape index (κ3) is 4.12. The molecule has 8 heteroatoms. The van der Waals surface area contributed by atoms with Gasteiger partial charge < -0.3 is 4.74 Å². The average molecular weight is 406 g/mol. The normalized spacial score (nSPS) is 18.2. The van der Waals surface area contributed by atoms with E-state index in [4.69, 9.17) is 4.74 Å². The molecule has 0 N–H and O–H groups in total. The smallest absolute Gasteiger partial charge is 0.342 e. The molecule has 7 nitrogen and oxygen atoms in total. The summed E-state index contributed by atoms with van der Waals surface area (Å²) >= 11 is 0. The number of carbonyl (C=O) groups excluding carboxylic acids is 1. The molecule has 0 unspecified atom stereocenters. The van der Waals surface area contributed by atoms with Crippen molar-refractivity contribution in [3.05, 3.63) is 46.6 Å². The van der Waals surface area contributed by atoms with E-state index < -0.39 is 16.0 Å². The Morgan fingerprint density at radius 3 is 2.75 bits per heavy atom. The minimum atomic E-state index is -3.87. The highest BCUT2D eigenvalue weighted by atomic mass is 32.2. The summed E-state index contributed by atoms with van der Waals surface area (Å²) in [5.74, 6) is -0.419. The van der Waals surface area contributed by atoms with Gasteiger partial charge in [0.05, 0.1) is 13.7 Å². The molecule has 0 radical (unpaired) electrons. The van der Waals surface area contributed by atoms with Crippen molar-refractivity contribution in [1.82, 2.24) is 14.1 Å². The first-order valence-corrected chi connectivity index (χ1v) is 10.9. The zero-order valence-electron chi connectivity index (χ0n) is 16.8. The van der Waals surface area contributed by atoms with E-state index in [-0.39, 0.29) is 16.5 Å². The second-order valence-electron chi connectivity index (χ2n) is 7.58. The van der Waals surface area contributed by atoms with Crippen molar-refractivity contribution in [2.45, 2.75) is 45.2 Å². The van der Waals surface area contributed by atoms with Crippen LogP contribution >= 0.6 is 0 Å².